The number of pyridine rings is 1. The number of rotatable bonds is 8. The van der Waals surface area contributed by atoms with Gasteiger partial charge >= 0.3 is 12.3 Å². The maximum Gasteiger partial charge on any atom is 0.427 e. The lowest BCUT2D eigenvalue weighted by Gasteiger charge is -2.34. The van der Waals surface area contributed by atoms with E-state index in [1.807, 2.05) is 19.1 Å². The van der Waals surface area contributed by atoms with Gasteiger partial charge in [-0.25, -0.2) is 13.2 Å². The van der Waals surface area contributed by atoms with Crippen LogP contribution in [0.25, 0.3) is 10.8 Å². The van der Waals surface area contributed by atoms with Gasteiger partial charge in [-0.3, -0.25) is 19.1 Å². The summed E-state index contributed by atoms with van der Waals surface area (Å²) in [6.07, 6.45) is 0.0393. The molecule has 15 nitrogen and oxygen atoms in total. The molecule has 0 radical (unpaired) electrons. The monoisotopic (exact) mass is 877 g/mol. The minimum atomic E-state index is -4.92. The normalized spacial score (nSPS) is 29.6. The maximum atomic E-state index is 14.9. The molecule has 0 spiro atoms. The third-order valence-corrected chi connectivity index (χ3v) is 15.0. The first-order valence-corrected chi connectivity index (χ1v) is 22.3. The third-order valence-electron chi connectivity index (χ3n) is 12.9. The number of allylic oxidation sites excluding steroid dienone is 1. The first kappa shape index (κ1) is 44.3. The second-order valence-electron chi connectivity index (χ2n) is 18.0. The number of halogens is 3. The summed E-state index contributed by atoms with van der Waals surface area (Å²) in [5, 5.41) is 6.61. The Bertz CT molecular complexity index is 2230. The fourth-order valence-corrected chi connectivity index (χ4v) is 9.80. The number of alkyl halides is 3. The van der Waals surface area contributed by atoms with Crippen molar-refractivity contribution in [3.05, 3.63) is 35.9 Å². The van der Waals surface area contributed by atoms with Gasteiger partial charge < -0.3 is 34.5 Å². The molecule has 19 heteroatoms. The molecule has 4 amide bonds. The van der Waals surface area contributed by atoms with Gasteiger partial charge in [-0.2, -0.15) is 18.2 Å². The highest BCUT2D eigenvalue weighted by atomic mass is 32.2. The first-order valence-electron chi connectivity index (χ1n) is 20.8. The topological polar surface area (TPSA) is 192 Å². The molecule has 5 aliphatic rings. The summed E-state index contributed by atoms with van der Waals surface area (Å²) in [4.78, 5) is 62.6. The number of amides is 4. The van der Waals surface area contributed by atoms with Crippen molar-refractivity contribution in [3.8, 4) is 17.5 Å². The van der Waals surface area contributed by atoms with Crippen LogP contribution in [-0.4, -0.2) is 103 Å². The van der Waals surface area contributed by atoms with Crippen LogP contribution in [0, 0.1) is 17.8 Å². The summed E-state index contributed by atoms with van der Waals surface area (Å²) in [6.45, 7) is 6.76. The lowest BCUT2D eigenvalue weighted by atomic mass is 9.88. The van der Waals surface area contributed by atoms with Crippen molar-refractivity contribution in [2.24, 2.45) is 17.8 Å². The van der Waals surface area contributed by atoms with Crippen molar-refractivity contribution in [2.45, 2.75) is 133 Å². The Morgan fingerprint density at radius 3 is 2.52 bits per heavy atom. The van der Waals surface area contributed by atoms with E-state index in [0.717, 1.165) is 17.4 Å². The molecule has 3 N–H and O–H groups in total. The lowest BCUT2D eigenvalue weighted by Crippen LogP contribution is -2.59. The van der Waals surface area contributed by atoms with Crippen LogP contribution < -0.4 is 29.6 Å². The van der Waals surface area contributed by atoms with Gasteiger partial charge in [-0.15, -0.1) is 0 Å². The van der Waals surface area contributed by atoms with Crippen LogP contribution in [0.2, 0.25) is 0 Å². The van der Waals surface area contributed by atoms with E-state index in [2.05, 4.69) is 15.4 Å². The molecule has 7 atom stereocenters. The second kappa shape index (κ2) is 16.1. The minimum absolute atomic E-state index is 0.0457. The van der Waals surface area contributed by atoms with Crippen molar-refractivity contribution < 1.29 is 59.7 Å². The maximum absolute atomic E-state index is 14.9. The lowest BCUT2D eigenvalue weighted by molar-refractivity contribution is -0.244. The summed E-state index contributed by atoms with van der Waals surface area (Å²) < 4.78 is 91.8. The van der Waals surface area contributed by atoms with Gasteiger partial charge in [0.1, 0.15) is 29.5 Å². The number of aryl methyl sites for hydroxylation is 1. The van der Waals surface area contributed by atoms with Crippen LogP contribution in [-0.2, 0) is 35.6 Å². The highest BCUT2D eigenvalue weighted by Gasteiger charge is 2.63. The van der Waals surface area contributed by atoms with Gasteiger partial charge in [0.25, 0.3) is 5.91 Å². The summed E-state index contributed by atoms with van der Waals surface area (Å²) in [7, 11) is -2.54. The summed E-state index contributed by atoms with van der Waals surface area (Å²) >= 11 is 0. The number of hydrogen-bond acceptors (Lipinski definition) is 11. The molecule has 3 aliphatic heterocycles. The van der Waals surface area contributed by atoms with E-state index in [-0.39, 0.29) is 31.2 Å². The van der Waals surface area contributed by atoms with Crippen LogP contribution in [0.3, 0.4) is 0 Å². The number of carbonyl (C=O) groups is 4. The number of alkyl carbamates (subject to hydrolysis) is 1. The Morgan fingerprint density at radius 1 is 1.10 bits per heavy atom. The average molecular weight is 878 g/mol. The van der Waals surface area contributed by atoms with Crippen molar-refractivity contribution >= 4 is 44.6 Å². The minimum Gasteiger partial charge on any atom is -0.497 e. The number of nitrogens with zero attached hydrogens (tertiary/aromatic N) is 2. The predicted molar refractivity (Wildman–Crippen MR) is 215 cm³/mol. The number of methoxy groups -OCH3 is 1. The van der Waals surface area contributed by atoms with E-state index < -0.39 is 85.9 Å². The van der Waals surface area contributed by atoms with Crippen LogP contribution in [0.4, 0.5) is 18.0 Å². The standard InChI is InChI=1S/C42H54F3N5O10S/c1-23-10-7-8-11-25-21-41(25,37(53)49-61(55,56)40(5)15-16-40)48-33(51)31-20-27(59-35-29-14-13-26(57-6)19-30(29)28-12-9-17-58-34(28)47-35)22-50(31)36(52)32(24(2)18-23)46-38(54)60-39(3,4)42(43,44)45/h8,11,13-14,19,23-25,27,31-32H,7,9-10,12,15-18,20-22H2,1-6H3,(H,46,54)(H,48,51)(H,49,53)/b11-8-/t23-,24+,25+,27+,31-,32-,41+/m0/s1. The number of aromatic nitrogens is 1. The van der Waals surface area contributed by atoms with E-state index in [1.54, 1.807) is 32.2 Å². The van der Waals surface area contributed by atoms with Crippen LogP contribution >= 0.6 is 0 Å². The van der Waals surface area contributed by atoms with Crippen molar-refractivity contribution in [3.63, 3.8) is 0 Å². The molecular weight excluding hydrogens is 824 g/mol. The van der Waals surface area contributed by atoms with E-state index in [9.17, 15) is 40.8 Å². The second-order valence-corrected chi connectivity index (χ2v) is 20.2. The summed E-state index contributed by atoms with van der Waals surface area (Å²) in [5.41, 5.74) is -3.68. The molecule has 0 bridgehead atoms. The number of carbonyl (C=O) groups excluding carboxylic acids is 4. The molecule has 1 aromatic heterocycles. The Hall–Kier alpha value is -4.81. The number of benzene rings is 1. The van der Waals surface area contributed by atoms with Crippen LogP contribution in [0.1, 0.15) is 91.5 Å². The summed E-state index contributed by atoms with van der Waals surface area (Å²) in [6, 6.07) is 2.59. The van der Waals surface area contributed by atoms with Crippen molar-refractivity contribution in [1.29, 1.82) is 0 Å². The molecule has 2 saturated carbocycles. The average Bonchev–Trinajstić information content (AvgIpc) is 4.07. The molecular formula is C42H54F3N5O10S. The fraction of sp³-hybridized carbons (Fsp3) is 0.643. The molecule has 334 valence electrons. The first-order chi connectivity index (χ1) is 28.6. The number of ether oxygens (including phenoxy) is 4. The molecule has 1 saturated heterocycles. The zero-order chi connectivity index (χ0) is 44.3. The SMILES string of the molecule is COc1ccc2c(O[C@@H]3C[C@H]4C(=O)N[C@]5(C(=O)NS(=O)(=O)C6(C)CC6)C[C@H]5/C=C\CC[C@H](C)C[C@@H](C)[C@H](NC(=O)OC(C)(C)C(F)(F)F)C(=O)N4C3)nc3c(c2c1)CCCO3. The highest BCUT2D eigenvalue weighted by molar-refractivity contribution is 7.91. The van der Waals surface area contributed by atoms with E-state index in [1.165, 1.54) is 11.8 Å². The van der Waals surface area contributed by atoms with Gasteiger partial charge in [-0.05, 0) is 108 Å². The molecule has 61 heavy (non-hydrogen) atoms. The van der Waals surface area contributed by atoms with E-state index >= 15 is 0 Å². The van der Waals surface area contributed by atoms with Crippen molar-refractivity contribution in [1.82, 2.24) is 25.2 Å². The molecule has 2 aliphatic carbocycles. The van der Waals surface area contributed by atoms with Gasteiger partial charge in [0.15, 0.2) is 0 Å². The zero-order valence-electron chi connectivity index (χ0n) is 35.1. The van der Waals surface area contributed by atoms with Gasteiger partial charge in [0.2, 0.25) is 39.2 Å². The zero-order valence-corrected chi connectivity index (χ0v) is 36.0. The van der Waals surface area contributed by atoms with E-state index in [4.69, 9.17) is 23.9 Å². The molecule has 0 unspecified atom stereocenters. The molecule has 7 rings (SSSR count). The Balaban J connectivity index is 1.25. The number of hydrogen-bond donors (Lipinski definition) is 3. The third kappa shape index (κ3) is 8.80. The number of sulfonamides is 1. The van der Waals surface area contributed by atoms with Crippen LogP contribution in [0.15, 0.2) is 30.4 Å². The molecule has 1 aromatic carbocycles. The quantitative estimate of drug-likeness (QED) is 0.294. The van der Waals surface area contributed by atoms with Gasteiger partial charge in [-0.1, -0.05) is 26.0 Å². The Morgan fingerprint density at radius 2 is 1.84 bits per heavy atom. The summed E-state index contributed by atoms with van der Waals surface area (Å²) in [5.74, 6) is -2.60. The van der Waals surface area contributed by atoms with Crippen molar-refractivity contribution in [2.75, 3.05) is 20.3 Å². The predicted octanol–water partition coefficient (Wildman–Crippen LogP) is 5.24. The molecule has 2 aromatic rings. The smallest absolute Gasteiger partial charge is 0.427 e. The Kier molecular flexibility index (Phi) is 11.7. The molecule has 3 fully saturated rings. The molecule has 4 heterocycles. The van der Waals surface area contributed by atoms with Gasteiger partial charge in [0, 0.05) is 23.3 Å². The number of nitrogens with one attached hydrogen (secondary N) is 3. The fourth-order valence-electron chi connectivity index (χ4n) is 8.49. The van der Waals surface area contributed by atoms with Gasteiger partial charge in [0.05, 0.1) is 25.0 Å². The Labute approximate surface area is 352 Å². The van der Waals surface area contributed by atoms with E-state index in [0.29, 0.717) is 76.0 Å². The highest BCUT2D eigenvalue weighted by Crippen LogP contribution is 2.48. The largest absolute Gasteiger partial charge is 0.497 e. The van der Waals surface area contributed by atoms with Crippen LogP contribution in [0.5, 0.6) is 17.5 Å². The number of fused-ring (bicyclic) bond motifs is 5.